The number of methoxy groups -OCH3 is 3. The summed E-state index contributed by atoms with van der Waals surface area (Å²) in [5.41, 5.74) is 0. The van der Waals surface area contributed by atoms with Crippen molar-refractivity contribution < 1.29 is 158 Å². The van der Waals surface area contributed by atoms with Gasteiger partial charge < -0.3 is 93.6 Å². The first-order chi connectivity index (χ1) is 50.1. The smallest absolute Gasteiger partial charge is 0.344 e. The van der Waals surface area contributed by atoms with Gasteiger partial charge in [0.25, 0.3) is 17.7 Å². The molecule has 0 atom stereocenters. The highest BCUT2D eigenvalue weighted by Crippen LogP contribution is 2.08. The van der Waals surface area contributed by atoms with Crippen molar-refractivity contribution in [2.45, 2.75) is 154 Å². The second kappa shape index (κ2) is 73.3. The predicted molar refractivity (Wildman–Crippen MR) is 363 cm³/mol. The number of carboxylic acid groups (broad SMARTS) is 2. The van der Waals surface area contributed by atoms with Gasteiger partial charge in [-0.05, 0) is 89.9 Å². The minimum absolute atomic E-state index is 0.000505. The highest BCUT2D eigenvalue weighted by molar-refractivity contribution is 6.28. The van der Waals surface area contributed by atoms with E-state index in [1.54, 1.807) is 0 Å². The number of carboxylic acids is 2. The van der Waals surface area contributed by atoms with Crippen molar-refractivity contribution in [1.29, 1.82) is 0 Å². The maximum Gasteiger partial charge on any atom is 0.344 e. The molecule has 0 spiro atoms. The van der Waals surface area contributed by atoms with Crippen molar-refractivity contribution in [3.63, 3.8) is 0 Å². The first kappa shape index (κ1) is 102. The Hall–Kier alpha value is -9.04. The van der Waals surface area contributed by atoms with Gasteiger partial charge in [0, 0.05) is 84.8 Å². The molecule has 0 saturated heterocycles. The van der Waals surface area contributed by atoms with Crippen LogP contribution in [0.15, 0.2) is 0 Å². The molecule has 0 fully saturated rings. The number of alkyl halides is 3. The van der Waals surface area contributed by atoms with E-state index in [-0.39, 0.29) is 87.0 Å². The molecule has 0 rings (SSSR count). The quantitative estimate of drug-likeness (QED) is 0.0195. The van der Waals surface area contributed by atoms with Gasteiger partial charge >= 0.3 is 77.6 Å². The molecule has 0 aliphatic rings. The van der Waals surface area contributed by atoms with Gasteiger partial charge in [-0.15, -0.1) is 34.8 Å². The maximum absolute atomic E-state index is 11.7. The molecule has 0 unspecified atom stereocenters. The highest BCUT2D eigenvalue weighted by Gasteiger charge is 2.16. The average Bonchev–Trinajstić information content (AvgIpc) is 1.40. The lowest BCUT2D eigenvalue weighted by Crippen LogP contribution is -2.31. The molecule has 7 N–H and O–H groups in total. The molecule has 0 aromatic rings. The minimum atomic E-state index is -1.24. The van der Waals surface area contributed by atoms with Gasteiger partial charge in [-0.1, -0.05) is 19.3 Å². The van der Waals surface area contributed by atoms with E-state index in [0.717, 1.165) is 44.9 Å². The molecule has 0 bridgehead atoms. The second-order valence-corrected chi connectivity index (χ2v) is 22.1. The fraction of sp³-hybridized carbons (Fsp3) is 0.703. The van der Waals surface area contributed by atoms with E-state index >= 15 is 0 Å². The van der Waals surface area contributed by atoms with Crippen LogP contribution in [0.4, 0.5) is 0 Å². The molecular weight excluding hydrogens is 1470 g/mol. The summed E-state index contributed by atoms with van der Waals surface area (Å²) >= 11 is 16.0. The van der Waals surface area contributed by atoms with Crippen LogP contribution in [0.1, 0.15) is 154 Å². The molecule has 41 heteroatoms. The summed E-state index contributed by atoms with van der Waals surface area (Å²) in [7, 11) is 3.68. The first-order valence-corrected chi connectivity index (χ1v) is 34.7. The molecule has 38 nitrogen and oxygen atoms in total. The number of amides is 5. The Kier molecular flexibility index (Phi) is 71.4. The van der Waals surface area contributed by atoms with Gasteiger partial charge in [-0.3, -0.25) is 57.5 Å². The number of Topliss-reactive ketones (excluding diaryl/α,β-unsaturated/α-hetero) is 1. The minimum Gasteiger partial charge on any atom is -0.479 e. The Morgan fingerprint density at radius 1 is 0.238 bits per heavy atom. The normalized spacial score (nSPS) is 9.96. The van der Waals surface area contributed by atoms with Crippen LogP contribution in [0.5, 0.6) is 0 Å². The molecular formula is C64H100Cl3N5O33. The number of unbranched alkanes of at least 4 members (excludes halogenated alkanes) is 11. The lowest BCUT2D eigenvalue weighted by atomic mass is 10.1. The van der Waals surface area contributed by atoms with E-state index in [1.807, 2.05) is 0 Å². The number of halogens is 3. The van der Waals surface area contributed by atoms with Gasteiger partial charge in [0.05, 0.1) is 20.1 Å². The summed E-state index contributed by atoms with van der Waals surface area (Å²) in [6.07, 6.45) is 11.8. The molecule has 0 saturated carbocycles. The Labute approximate surface area is 621 Å². The number of carbonyl (C=O) groups excluding carboxylic acids is 17. The van der Waals surface area contributed by atoms with Crippen LogP contribution < -0.4 is 26.6 Å². The third-order valence-electron chi connectivity index (χ3n) is 12.3. The Morgan fingerprint density at radius 2 is 0.457 bits per heavy atom. The van der Waals surface area contributed by atoms with Gasteiger partial charge in [0.15, 0.2) is 59.5 Å². The van der Waals surface area contributed by atoms with Crippen LogP contribution in [0.25, 0.3) is 0 Å². The summed E-state index contributed by atoms with van der Waals surface area (Å²) in [5, 5.41) is 29.5. The lowest BCUT2D eigenvalue weighted by molar-refractivity contribution is -0.160. The third-order valence-corrected chi connectivity index (χ3v) is 13.1. The molecule has 0 radical (unpaired) electrons. The van der Waals surface area contributed by atoms with Crippen molar-refractivity contribution in [1.82, 2.24) is 26.6 Å². The van der Waals surface area contributed by atoms with E-state index in [2.05, 4.69) is 64.5 Å². The number of carbonyl (C=O) groups is 19. The number of hydrogen-bond donors (Lipinski definition) is 7. The number of ether oxygens (including phenoxy) is 12. The van der Waals surface area contributed by atoms with Crippen LogP contribution in [0, 0.1) is 0 Å². The zero-order chi connectivity index (χ0) is 79.7. The number of rotatable bonds is 58. The first-order valence-electron chi connectivity index (χ1n) is 33.1. The second-order valence-electron chi connectivity index (χ2n) is 21.3. The molecule has 0 heterocycles. The van der Waals surface area contributed by atoms with Crippen LogP contribution in [0.3, 0.4) is 0 Å². The monoisotopic (exact) mass is 1570 g/mol. The van der Waals surface area contributed by atoms with Gasteiger partial charge in [-0.2, -0.15) is 0 Å². The summed E-state index contributed by atoms with van der Waals surface area (Å²) in [6, 6.07) is 0. The number of nitrogens with one attached hydrogen (secondary N) is 5. The Morgan fingerprint density at radius 3 is 0.714 bits per heavy atom. The largest absolute Gasteiger partial charge is 0.479 e. The SMILES string of the molecule is COC(=O)COC(=O)CCCCC(=O)OCC(=O)OCC(=O)NCCCCCNC(=O)CCl.COCC(=O)OCC(=O)NCCCCCNC(=O)COC(=O)COC(=O)CCCCC(=O)OCC(=O)OC.O=C(CCl)CCCCCCCNC(=O)CCl.O=C(O)COC(=O)CCCCC(=O)OCC(=O)O. The van der Waals surface area contributed by atoms with Crippen LogP contribution in [-0.2, 0) is 148 Å². The van der Waals surface area contributed by atoms with Crippen LogP contribution in [0.2, 0.25) is 0 Å². The summed E-state index contributed by atoms with van der Waals surface area (Å²) in [4.78, 5) is 211. The summed E-state index contributed by atoms with van der Waals surface area (Å²) in [5.74, 6) is -11.6. The molecule has 0 aliphatic carbocycles. The van der Waals surface area contributed by atoms with Crippen LogP contribution in [-0.4, -0.2) is 261 Å². The number of ketones is 1. The van der Waals surface area contributed by atoms with Crippen LogP contribution >= 0.6 is 34.8 Å². The zero-order valence-electron chi connectivity index (χ0n) is 59.4. The summed E-state index contributed by atoms with van der Waals surface area (Å²) in [6.45, 7) is -2.88. The maximum atomic E-state index is 11.7. The van der Waals surface area contributed by atoms with Crippen molar-refractivity contribution in [2.24, 2.45) is 0 Å². The number of esters is 11. The van der Waals surface area contributed by atoms with Crippen molar-refractivity contribution in [3.05, 3.63) is 0 Å². The predicted octanol–water partition coefficient (Wildman–Crippen LogP) is 1.22. The lowest BCUT2D eigenvalue weighted by Gasteiger charge is -2.08. The van der Waals surface area contributed by atoms with Crippen molar-refractivity contribution in [2.75, 3.05) is 138 Å². The van der Waals surface area contributed by atoms with E-state index in [1.165, 1.54) is 21.3 Å². The van der Waals surface area contributed by atoms with Crippen molar-refractivity contribution in [3.8, 4) is 0 Å². The molecule has 5 amide bonds. The van der Waals surface area contributed by atoms with E-state index in [4.69, 9.17) is 64.0 Å². The number of aliphatic carboxylic acids is 2. The fourth-order valence-electron chi connectivity index (χ4n) is 6.97. The van der Waals surface area contributed by atoms with E-state index < -0.39 is 148 Å². The van der Waals surface area contributed by atoms with E-state index in [0.29, 0.717) is 103 Å². The van der Waals surface area contributed by atoms with E-state index in [9.17, 15) is 91.1 Å². The topological polar surface area (TPSA) is 536 Å². The average molecular weight is 1570 g/mol. The van der Waals surface area contributed by atoms with Gasteiger partial charge in [-0.25, -0.2) is 33.6 Å². The molecule has 0 aromatic carbocycles. The van der Waals surface area contributed by atoms with Gasteiger partial charge in [0.2, 0.25) is 11.8 Å². The van der Waals surface area contributed by atoms with Crippen molar-refractivity contribution >= 4 is 148 Å². The highest BCUT2D eigenvalue weighted by atomic mass is 35.5. The molecule has 600 valence electrons. The molecule has 0 aromatic heterocycles. The third kappa shape index (κ3) is 80.5. The van der Waals surface area contributed by atoms with Gasteiger partial charge in [0.1, 0.15) is 24.2 Å². The molecule has 0 aliphatic heterocycles. The Bertz CT molecular complexity index is 2580. The zero-order valence-corrected chi connectivity index (χ0v) is 61.7. The standard InChI is InChI=1S/C23H36N2O13.C20H31ClN2O10.C11H19Cl2NO2.C10H14O8/c1-33-14-22(31)35-12-17(26)24-10-6-3-7-11-25-18(27)13-36-23(32)16-38-20(29)9-5-4-8-19(28)37-15-21(30)34-2;1-30-19(28)13-32-17(26)7-3-4-8-18(27)33-14-20(29)31-12-16(25)23-10-6-2-5-9-22-15(24)11-21;12-8-10(15)6-4-2-1-3-5-7-14-11(16)9-13;11-7(12)5-17-9(15)3-1-2-4-10(16)18-6-8(13)14/h3-16H2,1-2H3,(H,24,26)(H,25,27);2-14H2,1H3,(H,22,24)(H,23,25);1-9H2,(H,14,16);1-6H2,(H,11,12)(H,13,14). The molecule has 105 heavy (non-hydrogen) atoms. The Balaban J connectivity index is -0.000000687. The fourth-order valence-corrected chi connectivity index (χ4v) is 7.30. The summed E-state index contributed by atoms with van der Waals surface area (Å²) < 4.78 is 54.8. The number of hydrogen-bond acceptors (Lipinski definition) is 31.